The lowest BCUT2D eigenvalue weighted by molar-refractivity contribution is 0.144. The Morgan fingerprint density at radius 3 is 0.674 bits per heavy atom. The molecule has 0 heterocycles. The lowest BCUT2D eigenvalue weighted by Gasteiger charge is -2.41. The first-order valence-electron chi connectivity index (χ1n) is 15.6. The van der Waals surface area contributed by atoms with Crippen LogP contribution in [0.1, 0.15) is 33.4 Å². The van der Waals surface area contributed by atoms with Crippen molar-refractivity contribution < 1.29 is 10.2 Å². The Hall–Kier alpha value is -4.06. The van der Waals surface area contributed by atoms with Gasteiger partial charge in [0.1, 0.15) is 0 Å². The van der Waals surface area contributed by atoms with Crippen LogP contribution in [0.3, 0.4) is 0 Å². The molecule has 0 saturated carbocycles. The summed E-state index contributed by atoms with van der Waals surface area (Å²) in [6.07, 6.45) is -1.48. The van der Waals surface area contributed by atoms with Gasteiger partial charge in [-0.25, -0.2) is 0 Å². The van der Waals surface area contributed by atoms with Gasteiger partial charge in [0.25, 0.3) is 0 Å². The number of aliphatic hydroxyl groups is 2. The van der Waals surface area contributed by atoms with E-state index in [1.807, 2.05) is 109 Å². The second-order valence-corrected chi connectivity index (χ2v) is 14.0. The molecule has 6 aromatic rings. The van der Waals surface area contributed by atoms with Crippen LogP contribution in [-0.2, 0) is 10.8 Å². The summed E-state index contributed by atoms with van der Waals surface area (Å²) in [5, 5.41) is 24.6. The van der Waals surface area contributed by atoms with Crippen molar-refractivity contribution in [2.75, 3.05) is 11.5 Å². The Morgan fingerprint density at radius 2 is 0.500 bits per heavy atom. The van der Waals surface area contributed by atoms with Gasteiger partial charge < -0.3 is 10.2 Å². The van der Waals surface area contributed by atoms with Crippen molar-refractivity contribution >= 4 is 21.6 Å². The van der Waals surface area contributed by atoms with Gasteiger partial charge >= 0.3 is 0 Å². The minimum atomic E-state index is -0.766. The predicted octanol–water partition coefficient (Wildman–Crippen LogP) is 9.16. The predicted molar refractivity (Wildman–Crippen MR) is 195 cm³/mol. The first-order valence-corrected chi connectivity index (χ1v) is 18.1. The van der Waals surface area contributed by atoms with Gasteiger partial charge in [-0.2, -0.15) is 0 Å². The molecule has 2 nitrogen and oxygen atoms in total. The molecule has 0 aliphatic heterocycles. The van der Waals surface area contributed by atoms with Gasteiger partial charge in [-0.15, -0.1) is 0 Å². The summed E-state index contributed by atoms with van der Waals surface area (Å²) in [7, 11) is 3.22. The molecule has 6 aromatic carbocycles. The van der Waals surface area contributed by atoms with E-state index in [0.717, 1.165) is 33.4 Å². The molecule has 0 bridgehead atoms. The molecule has 6 rings (SSSR count). The van der Waals surface area contributed by atoms with E-state index < -0.39 is 23.0 Å². The van der Waals surface area contributed by atoms with Crippen molar-refractivity contribution in [3.63, 3.8) is 0 Å². The largest absolute Gasteiger partial charge is 0.391 e. The highest BCUT2D eigenvalue weighted by atomic mass is 33.1. The Morgan fingerprint density at radius 1 is 0.326 bits per heavy atom. The summed E-state index contributed by atoms with van der Waals surface area (Å²) in [6.45, 7) is 0. The molecule has 0 radical (unpaired) electrons. The number of rotatable bonds is 13. The molecule has 4 heteroatoms. The highest BCUT2D eigenvalue weighted by molar-refractivity contribution is 8.76. The normalized spacial score (nSPS) is 13.2. The van der Waals surface area contributed by atoms with Gasteiger partial charge in [0, 0.05) is 11.5 Å². The smallest absolute Gasteiger partial charge is 0.0816 e. The Bertz CT molecular complexity index is 1420. The van der Waals surface area contributed by atoms with E-state index in [-0.39, 0.29) is 0 Å². The van der Waals surface area contributed by atoms with Gasteiger partial charge in [0.15, 0.2) is 0 Å². The minimum Gasteiger partial charge on any atom is -0.391 e. The molecule has 0 aromatic heterocycles. The van der Waals surface area contributed by atoms with Crippen molar-refractivity contribution in [2.45, 2.75) is 23.0 Å². The molecular weight excluding hydrogens is 601 g/mol. The summed E-state index contributed by atoms with van der Waals surface area (Å²) < 4.78 is 0. The second kappa shape index (κ2) is 15.0. The van der Waals surface area contributed by atoms with Gasteiger partial charge in [0.05, 0.1) is 23.0 Å². The molecule has 2 atom stereocenters. The summed E-state index contributed by atoms with van der Waals surface area (Å²) in [5.74, 6) is 0.927. The van der Waals surface area contributed by atoms with E-state index in [9.17, 15) is 10.2 Å². The molecule has 0 aliphatic rings. The van der Waals surface area contributed by atoms with E-state index in [1.54, 1.807) is 21.6 Å². The first-order chi connectivity index (χ1) is 22.7. The summed E-state index contributed by atoms with van der Waals surface area (Å²) in [6, 6.07) is 61.9. The number of benzene rings is 6. The third kappa shape index (κ3) is 6.19. The van der Waals surface area contributed by atoms with Crippen LogP contribution >= 0.6 is 21.6 Å². The third-order valence-electron chi connectivity index (χ3n) is 8.91. The average Bonchev–Trinajstić information content (AvgIpc) is 3.14. The van der Waals surface area contributed by atoms with E-state index >= 15 is 0 Å². The van der Waals surface area contributed by atoms with Crippen molar-refractivity contribution in [3.05, 3.63) is 215 Å². The fourth-order valence-corrected chi connectivity index (χ4v) is 9.14. The zero-order valence-corrected chi connectivity index (χ0v) is 27.2. The van der Waals surface area contributed by atoms with Crippen LogP contribution in [0.2, 0.25) is 0 Å². The molecule has 46 heavy (non-hydrogen) atoms. The molecule has 230 valence electrons. The van der Waals surface area contributed by atoms with Crippen LogP contribution in [0.5, 0.6) is 0 Å². The summed E-state index contributed by atoms with van der Waals surface area (Å²) >= 11 is 0. The van der Waals surface area contributed by atoms with Crippen LogP contribution in [0, 0.1) is 0 Å². The summed E-state index contributed by atoms with van der Waals surface area (Å²) in [5.41, 5.74) is 4.73. The van der Waals surface area contributed by atoms with Crippen LogP contribution in [0.25, 0.3) is 0 Å². The molecular formula is C42H38O2S2. The topological polar surface area (TPSA) is 40.5 Å². The van der Waals surface area contributed by atoms with Crippen molar-refractivity contribution in [1.82, 2.24) is 0 Å². The van der Waals surface area contributed by atoms with Crippen LogP contribution in [0.4, 0.5) is 0 Å². The van der Waals surface area contributed by atoms with Gasteiger partial charge in [-0.05, 0) is 33.4 Å². The highest BCUT2D eigenvalue weighted by Gasteiger charge is 2.45. The minimum absolute atomic E-state index is 0.463. The first kappa shape index (κ1) is 31.9. The zero-order valence-electron chi connectivity index (χ0n) is 25.6. The molecule has 0 spiro atoms. The lowest BCUT2D eigenvalue weighted by atomic mass is 9.66. The summed E-state index contributed by atoms with van der Waals surface area (Å²) in [4.78, 5) is 0. The fraction of sp³-hybridized carbons (Fsp3) is 0.143. The van der Waals surface area contributed by atoms with Crippen LogP contribution in [0.15, 0.2) is 182 Å². The molecule has 0 fully saturated rings. The Balaban J connectivity index is 1.31. The SMILES string of the molecule is OC(CSSCC(O)C(c1ccccc1)(c1ccccc1)c1ccccc1)C(c1ccccc1)(c1ccccc1)c1ccccc1. The third-order valence-corrected chi connectivity index (χ3v) is 11.3. The molecule has 2 N–H and O–H groups in total. The molecule has 0 aliphatic carbocycles. The van der Waals surface area contributed by atoms with E-state index in [1.165, 1.54) is 0 Å². The van der Waals surface area contributed by atoms with Gasteiger partial charge in [-0.3, -0.25) is 0 Å². The van der Waals surface area contributed by atoms with Crippen molar-refractivity contribution in [3.8, 4) is 0 Å². The molecule has 2 unspecified atom stereocenters. The maximum atomic E-state index is 12.3. The zero-order chi connectivity index (χ0) is 31.7. The maximum Gasteiger partial charge on any atom is 0.0816 e. The quantitative estimate of drug-likeness (QED) is 0.0752. The lowest BCUT2D eigenvalue weighted by Crippen LogP contribution is -2.44. The van der Waals surface area contributed by atoms with Crippen molar-refractivity contribution in [2.24, 2.45) is 0 Å². The van der Waals surface area contributed by atoms with Gasteiger partial charge in [0.2, 0.25) is 0 Å². The van der Waals surface area contributed by atoms with Gasteiger partial charge in [-0.1, -0.05) is 204 Å². The number of hydrogen-bond acceptors (Lipinski definition) is 4. The van der Waals surface area contributed by atoms with Crippen molar-refractivity contribution in [1.29, 1.82) is 0 Å². The Kier molecular flexibility index (Phi) is 10.4. The number of hydrogen-bond donors (Lipinski definition) is 2. The average molecular weight is 639 g/mol. The monoisotopic (exact) mass is 638 g/mol. The standard InChI is InChI=1S/C42H38O2S2/c43-39(41(33-19-7-1-8-20-33,34-21-9-2-10-22-34)35-23-11-3-12-24-35)31-45-46-32-40(44)42(36-25-13-4-14-26-36,37-27-15-5-16-28-37)38-29-17-6-18-30-38/h1-30,39-40,43-44H,31-32H2. The van der Waals surface area contributed by atoms with Crippen LogP contribution < -0.4 is 0 Å². The fourth-order valence-electron chi connectivity index (χ4n) is 6.84. The Labute approximate surface area is 280 Å². The van der Waals surface area contributed by atoms with E-state index in [0.29, 0.717) is 11.5 Å². The molecule has 0 saturated heterocycles. The van der Waals surface area contributed by atoms with Crippen LogP contribution in [-0.4, -0.2) is 33.9 Å². The maximum absolute atomic E-state index is 12.3. The van der Waals surface area contributed by atoms with E-state index in [2.05, 4.69) is 72.8 Å². The highest BCUT2D eigenvalue weighted by Crippen LogP contribution is 2.46. The van der Waals surface area contributed by atoms with E-state index in [4.69, 9.17) is 0 Å². The molecule has 0 amide bonds. The second-order valence-electron chi connectivity index (χ2n) is 11.4. The number of aliphatic hydroxyl groups excluding tert-OH is 2.